The summed E-state index contributed by atoms with van der Waals surface area (Å²) in [6.07, 6.45) is 1.01. The van der Waals surface area contributed by atoms with Crippen molar-refractivity contribution in [2.75, 3.05) is 10.5 Å². The summed E-state index contributed by atoms with van der Waals surface area (Å²) in [7, 11) is -2.82. The van der Waals surface area contributed by atoms with Gasteiger partial charge in [-0.1, -0.05) is 6.92 Å². The Balaban J connectivity index is 2.82. The first-order chi connectivity index (χ1) is 6.03. The van der Waals surface area contributed by atoms with Crippen LogP contribution in [-0.2, 0) is 9.92 Å². The predicted molar refractivity (Wildman–Crippen MR) is 49.2 cm³/mol. The van der Waals surface area contributed by atoms with Gasteiger partial charge in [0.1, 0.15) is 21.6 Å². The van der Waals surface area contributed by atoms with Gasteiger partial charge in [-0.2, -0.15) is 0 Å². The average Bonchev–Trinajstić information content (AvgIpc) is 2.09. The number of pyridine rings is 1. The van der Waals surface area contributed by atoms with E-state index in [-0.39, 0.29) is 11.6 Å². The number of rotatable bonds is 3. The van der Waals surface area contributed by atoms with Gasteiger partial charge in [0.15, 0.2) is 0 Å². The van der Waals surface area contributed by atoms with Crippen LogP contribution in [-0.4, -0.2) is 14.9 Å². The maximum atomic E-state index is 12.4. The van der Waals surface area contributed by atoms with Gasteiger partial charge in [0, 0.05) is 5.75 Å². The Morgan fingerprint density at radius 3 is 2.85 bits per heavy atom. The summed E-state index contributed by atoms with van der Waals surface area (Å²) in [5.74, 6) is -0.0201. The van der Waals surface area contributed by atoms with Crippen molar-refractivity contribution in [2.45, 2.75) is 6.92 Å². The molecule has 0 spiro atoms. The lowest BCUT2D eigenvalue weighted by molar-refractivity contribution is 0.622. The molecule has 0 amide bonds. The zero-order chi connectivity index (χ0) is 9.90. The van der Waals surface area contributed by atoms with E-state index >= 15 is 0 Å². The standard InChI is InChI=1S/C7H10FN3OS/c1-2-13(9,12)11-7-4-3-6(8)5-10-7/h3-5H,2H2,1H3,(H2,9,10,11,12). The smallest absolute Gasteiger partial charge is 0.141 e. The molecule has 0 aliphatic heterocycles. The second-order valence-corrected chi connectivity index (χ2v) is 4.56. The highest BCUT2D eigenvalue weighted by Crippen LogP contribution is 2.06. The number of nitrogens with one attached hydrogen (secondary N) is 2. The molecule has 0 bridgehead atoms. The van der Waals surface area contributed by atoms with Gasteiger partial charge in [0.2, 0.25) is 0 Å². The van der Waals surface area contributed by atoms with E-state index in [2.05, 4.69) is 9.71 Å². The van der Waals surface area contributed by atoms with Gasteiger partial charge in [-0.15, -0.1) is 0 Å². The van der Waals surface area contributed by atoms with Gasteiger partial charge in [-0.25, -0.2) is 18.4 Å². The summed E-state index contributed by atoms with van der Waals surface area (Å²) in [6.45, 7) is 1.63. The van der Waals surface area contributed by atoms with E-state index in [0.717, 1.165) is 6.20 Å². The van der Waals surface area contributed by atoms with Crippen molar-refractivity contribution in [1.82, 2.24) is 4.98 Å². The summed E-state index contributed by atoms with van der Waals surface area (Å²) in [5.41, 5.74) is 0. The van der Waals surface area contributed by atoms with Gasteiger partial charge in [0.25, 0.3) is 0 Å². The van der Waals surface area contributed by atoms with E-state index in [0.29, 0.717) is 0 Å². The van der Waals surface area contributed by atoms with Gasteiger partial charge in [0.05, 0.1) is 6.20 Å². The van der Waals surface area contributed by atoms with E-state index in [1.807, 2.05) is 0 Å². The van der Waals surface area contributed by atoms with Crippen molar-refractivity contribution in [3.05, 3.63) is 24.1 Å². The molecule has 4 nitrogen and oxygen atoms in total. The SMILES string of the molecule is CCS(=N)(=O)Nc1ccc(F)cn1. The second-order valence-electron chi connectivity index (χ2n) is 2.43. The van der Waals surface area contributed by atoms with Crippen LogP contribution in [0.4, 0.5) is 10.2 Å². The molecule has 0 aliphatic carbocycles. The fourth-order valence-corrected chi connectivity index (χ4v) is 1.28. The van der Waals surface area contributed by atoms with Crippen molar-refractivity contribution in [1.29, 1.82) is 4.78 Å². The Hall–Kier alpha value is -1.17. The van der Waals surface area contributed by atoms with Gasteiger partial charge < -0.3 is 0 Å². The van der Waals surface area contributed by atoms with Crippen LogP contribution >= 0.6 is 0 Å². The Kier molecular flexibility index (Phi) is 2.82. The van der Waals surface area contributed by atoms with E-state index in [1.165, 1.54) is 12.1 Å². The largest absolute Gasteiger partial charge is 0.283 e. The number of nitrogens with zero attached hydrogens (tertiary/aromatic N) is 1. The maximum absolute atomic E-state index is 12.4. The first-order valence-corrected chi connectivity index (χ1v) is 5.42. The normalized spacial score (nSPS) is 14.9. The van der Waals surface area contributed by atoms with Crippen LogP contribution in [0.5, 0.6) is 0 Å². The van der Waals surface area contributed by atoms with Crippen LogP contribution in [0.3, 0.4) is 0 Å². The van der Waals surface area contributed by atoms with E-state index in [9.17, 15) is 8.60 Å². The molecular weight excluding hydrogens is 193 g/mol. The van der Waals surface area contributed by atoms with Gasteiger partial charge in [-0.3, -0.25) is 4.72 Å². The van der Waals surface area contributed by atoms with Crippen LogP contribution in [0, 0.1) is 10.6 Å². The Morgan fingerprint density at radius 2 is 2.38 bits per heavy atom. The van der Waals surface area contributed by atoms with E-state index in [4.69, 9.17) is 4.78 Å². The molecule has 1 rings (SSSR count). The lowest BCUT2D eigenvalue weighted by atomic mass is 10.5. The molecule has 0 fully saturated rings. The molecule has 0 aliphatic rings. The Morgan fingerprint density at radius 1 is 1.69 bits per heavy atom. The topological polar surface area (TPSA) is 65.8 Å². The van der Waals surface area contributed by atoms with Crippen molar-refractivity contribution in [2.24, 2.45) is 0 Å². The molecule has 2 N–H and O–H groups in total. The molecular formula is C7H10FN3OS. The zero-order valence-electron chi connectivity index (χ0n) is 7.08. The number of hydrogen-bond acceptors (Lipinski definition) is 3. The molecule has 1 aromatic rings. The van der Waals surface area contributed by atoms with Crippen molar-refractivity contribution < 1.29 is 8.60 Å². The van der Waals surface area contributed by atoms with E-state index in [1.54, 1.807) is 6.92 Å². The summed E-state index contributed by atoms with van der Waals surface area (Å²) in [5, 5.41) is 0. The van der Waals surface area contributed by atoms with Crippen LogP contribution in [0.15, 0.2) is 18.3 Å². The third-order valence-electron chi connectivity index (χ3n) is 1.40. The second kappa shape index (κ2) is 3.69. The Labute approximate surface area is 76.3 Å². The third kappa shape index (κ3) is 2.98. The highest BCUT2D eigenvalue weighted by Gasteiger charge is 2.02. The molecule has 0 saturated carbocycles. The molecule has 1 atom stereocenters. The first kappa shape index (κ1) is 9.91. The van der Waals surface area contributed by atoms with Gasteiger partial charge >= 0.3 is 0 Å². The lowest BCUT2D eigenvalue weighted by Crippen LogP contribution is -2.13. The van der Waals surface area contributed by atoms with Crippen molar-refractivity contribution in [3.63, 3.8) is 0 Å². The fraction of sp³-hybridized carbons (Fsp3) is 0.286. The maximum Gasteiger partial charge on any atom is 0.141 e. The van der Waals surface area contributed by atoms with E-state index < -0.39 is 15.7 Å². The molecule has 72 valence electrons. The molecule has 0 aromatic carbocycles. The lowest BCUT2D eigenvalue weighted by Gasteiger charge is -2.06. The minimum Gasteiger partial charge on any atom is -0.283 e. The summed E-state index contributed by atoms with van der Waals surface area (Å²) in [6, 6.07) is 2.54. The molecule has 0 radical (unpaired) electrons. The third-order valence-corrected chi connectivity index (χ3v) is 2.76. The number of hydrogen-bond donors (Lipinski definition) is 2. The number of halogens is 1. The molecule has 0 saturated heterocycles. The minimum atomic E-state index is -2.82. The first-order valence-electron chi connectivity index (χ1n) is 3.69. The zero-order valence-corrected chi connectivity index (χ0v) is 7.90. The molecule has 1 aromatic heterocycles. The van der Waals surface area contributed by atoms with Crippen LogP contribution < -0.4 is 4.72 Å². The number of anilines is 1. The van der Waals surface area contributed by atoms with Crippen molar-refractivity contribution >= 4 is 15.7 Å². The Bertz CT molecular complexity index is 373. The summed E-state index contributed by atoms with van der Waals surface area (Å²) in [4.78, 5) is 3.63. The molecule has 1 heterocycles. The fourth-order valence-electron chi connectivity index (χ4n) is 0.677. The number of aromatic nitrogens is 1. The molecule has 1 unspecified atom stereocenters. The quantitative estimate of drug-likeness (QED) is 0.783. The molecule has 13 heavy (non-hydrogen) atoms. The summed E-state index contributed by atoms with van der Waals surface area (Å²) < 4.78 is 33.3. The molecule has 6 heteroatoms. The van der Waals surface area contributed by atoms with Gasteiger partial charge in [-0.05, 0) is 12.1 Å². The average molecular weight is 203 g/mol. The van der Waals surface area contributed by atoms with Crippen molar-refractivity contribution in [3.8, 4) is 0 Å². The van der Waals surface area contributed by atoms with Crippen LogP contribution in [0.25, 0.3) is 0 Å². The van der Waals surface area contributed by atoms with Crippen LogP contribution in [0.1, 0.15) is 6.92 Å². The highest BCUT2D eigenvalue weighted by atomic mass is 32.2. The summed E-state index contributed by atoms with van der Waals surface area (Å²) >= 11 is 0. The highest BCUT2D eigenvalue weighted by molar-refractivity contribution is 7.93. The monoisotopic (exact) mass is 203 g/mol. The predicted octanol–water partition coefficient (Wildman–Crippen LogP) is 1.61. The van der Waals surface area contributed by atoms with Crippen LogP contribution in [0.2, 0.25) is 0 Å². The minimum absolute atomic E-state index is 0.187.